The van der Waals surface area contributed by atoms with Crippen LogP contribution >= 0.6 is 0 Å². The molecule has 0 atom stereocenters. The van der Waals surface area contributed by atoms with E-state index in [9.17, 15) is 0 Å². The quantitative estimate of drug-likeness (QED) is 0.518. The second-order valence-corrected chi connectivity index (χ2v) is 3.74. The van der Waals surface area contributed by atoms with Crippen LogP contribution in [-0.2, 0) is 0 Å². The number of hydrogen-bond donors (Lipinski definition) is 0. The number of benzene rings is 2. The molecule has 18 heavy (non-hydrogen) atoms. The molecule has 0 aliphatic heterocycles. The van der Waals surface area contributed by atoms with Crippen molar-refractivity contribution in [2.75, 3.05) is 0 Å². The smallest absolute Gasteiger partial charge is 0.0938 e. The van der Waals surface area contributed by atoms with Crippen molar-refractivity contribution in [3.63, 3.8) is 0 Å². The van der Waals surface area contributed by atoms with E-state index in [0.29, 0.717) is 0 Å². The Balaban J connectivity index is 0.000000963. The molecule has 3 aromatic rings. The fourth-order valence-electron chi connectivity index (χ4n) is 1.85. The van der Waals surface area contributed by atoms with Gasteiger partial charge < -0.3 is 0 Å². The molecule has 0 bridgehead atoms. The lowest BCUT2D eigenvalue weighted by Gasteiger charge is -2.01. The molecule has 96 valence electrons. The standard InChI is InChI=1S/C13H10N2.3CH4/c1-9-6-7-11-10-4-2-3-5-12(10)14-15-13(11)8-9;;;/h2-8H,1H3;3*1H4. The van der Waals surface area contributed by atoms with Gasteiger partial charge in [0.15, 0.2) is 0 Å². The van der Waals surface area contributed by atoms with Crippen LogP contribution in [0.15, 0.2) is 42.5 Å². The third-order valence-corrected chi connectivity index (χ3v) is 2.61. The summed E-state index contributed by atoms with van der Waals surface area (Å²) < 4.78 is 0. The summed E-state index contributed by atoms with van der Waals surface area (Å²) in [5.74, 6) is 0. The van der Waals surface area contributed by atoms with Gasteiger partial charge in [-0.2, -0.15) is 0 Å². The van der Waals surface area contributed by atoms with Crippen LogP contribution in [0.3, 0.4) is 0 Å². The highest BCUT2D eigenvalue weighted by Crippen LogP contribution is 2.21. The Morgan fingerprint density at radius 3 is 2.11 bits per heavy atom. The first kappa shape index (κ1) is 16.0. The first-order valence-corrected chi connectivity index (χ1v) is 4.96. The van der Waals surface area contributed by atoms with Crippen molar-refractivity contribution in [1.29, 1.82) is 0 Å². The van der Waals surface area contributed by atoms with Gasteiger partial charge in [0.2, 0.25) is 0 Å². The summed E-state index contributed by atoms with van der Waals surface area (Å²) in [5.41, 5.74) is 3.13. The van der Waals surface area contributed by atoms with E-state index in [1.54, 1.807) is 0 Å². The first-order chi connectivity index (χ1) is 7.34. The van der Waals surface area contributed by atoms with Crippen LogP contribution < -0.4 is 0 Å². The van der Waals surface area contributed by atoms with Crippen LogP contribution in [0.4, 0.5) is 0 Å². The minimum atomic E-state index is 0. The highest BCUT2D eigenvalue weighted by molar-refractivity contribution is 6.03. The monoisotopic (exact) mass is 242 g/mol. The molecule has 0 spiro atoms. The number of aromatic nitrogens is 2. The van der Waals surface area contributed by atoms with Crippen LogP contribution in [0.25, 0.3) is 21.8 Å². The molecule has 0 fully saturated rings. The molecule has 0 amide bonds. The number of aryl methyl sites for hydroxylation is 1. The van der Waals surface area contributed by atoms with E-state index in [1.807, 2.05) is 18.2 Å². The Bertz CT molecular complexity index is 645. The van der Waals surface area contributed by atoms with Crippen molar-refractivity contribution >= 4 is 21.8 Å². The largest absolute Gasteiger partial charge is 0.150 e. The van der Waals surface area contributed by atoms with Crippen molar-refractivity contribution in [2.24, 2.45) is 0 Å². The lowest BCUT2D eigenvalue weighted by molar-refractivity contribution is 1.12. The topological polar surface area (TPSA) is 25.8 Å². The first-order valence-electron chi connectivity index (χ1n) is 4.96. The van der Waals surface area contributed by atoms with E-state index in [0.717, 1.165) is 11.0 Å². The highest BCUT2D eigenvalue weighted by Gasteiger charge is 2.01. The molecule has 2 nitrogen and oxygen atoms in total. The molecule has 1 aromatic heterocycles. The second kappa shape index (κ2) is 6.10. The van der Waals surface area contributed by atoms with Gasteiger partial charge in [-0.3, -0.25) is 0 Å². The zero-order valence-electron chi connectivity index (χ0n) is 8.44. The summed E-state index contributed by atoms with van der Waals surface area (Å²) in [6, 6.07) is 14.4. The molecule has 0 aliphatic carbocycles. The Kier molecular flexibility index (Phi) is 5.44. The normalized spacial score (nSPS) is 9.17. The van der Waals surface area contributed by atoms with Crippen LogP contribution in [0.1, 0.15) is 27.8 Å². The van der Waals surface area contributed by atoms with Crippen LogP contribution in [0, 0.1) is 6.92 Å². The lowest BCUT2D eigenvalue weighted by atomic mass is 10.1. The van der Waals surface area contributed by atoms with E-state index < -0.39 is 0 Å². The predicted molar refractivity (Wildman–Crippen MR) is 82.0 cm³/mol. The average Bonchev–Trinajstić information content (AvgIpc) is 2.28. The van der Waals surface area contributed by atoms with Gasteiger partial charge in [0.1, 0.15) is 0 Å². The van der Waals surface area contributed by atoms with E-state index in [2.05, 4.69) is 41.4 Å². The Morgan fingerprint density at radius 1 is 0.722 bits per heavy atom. The molecule has 0 saturated carbocycles. The molecule has 0 unspecified atom stereocenters. The third kappa shape index (κ3) is 2.48. The molecule has 0 N–H and O–H groups in total. The minimum Gasteiger partial charge on any atom is -0.150 e. The van der Waals surface area contributed by atoms with Crippen LogP contribution in [0.2, 0.25) is 0 Å². The van der Waals surface area contributed by atoms with E-state index in [4.69, 9.17) is 0 Å². The molecule has 0 radical (unpaired) electrons. The highest BCUT2D eigenvalue weighted by atomic mass is 15.1. The SMILES string of the molecule is C.C.C.Cc1ccc2c(c1)nnc1ccccc12. The summed E-state index contributed by atoms with van der Waals surface area (Å²) in [7, 11) is 0. The number of hydrogen-bond acceptors (Lipinski definition) is 2. The maximum absolute atomic E-state index is 4.22. The molecule has 1 heterocycles. The van der Waals surface area contributed by atoms with Crippen molar-refractivity contribution in [3.05, 3.63) is 48.0 Å². The van der Waals surface area contributed by atoms with E-state index in [-0.39, 0.29) is 22.3 Å². The number of nitrogens with zero attached hydrogens (tertiary/aromatic N) is 2. The summed E-state index contributed by atoms with van der Waals surface area (Å²) >= 11 is 0. The zero-order chi connectivity index (χ0) is 10.3. The Hall–Kier alpha value is -1.96. The summed E-state index contributed by atoms with van der Waals surface area (Å²) in [6.45, 7) is 2.07. The molecule has 2 aromatic carbocycles. The maximum Gasteiger partial charge on any atom is 0.0938 e. The van der Waals surface area contributed by atoms with Crippen molar-refractivity contribution in [2.45, 2.75) is 29.2 Å². The van der Waals surface area contributed by atoms with Gasteiger partial charge in [-0.1, -0.05) is 52.6 Å². The average molecular weight is 242 g/mol. The van der Waals surface area contributed by atoms with E-state index >= 15 is 0 Å². The van der Waals surface area contributed by atoms with Crippen molar-refractivity contribution in [3.8, 4) is 0 Å². The van der Waals surface area contributed by atoms with Gasteiger partial charge in [0.05, 0.1) is 11.0 Å². The van der Waals surface area contributed by atoms with Crippen molar-refractivity contribution in [1.82, 2.24) is 10.2 Å². The van der Waals surface area contributed by atoms with Gasteiger partial charge in [-0.15, -0.1) is 10.2 Å². The van der Waals surface area contributed by atoms with Gasteiger partial charge >= 0.3 is 0 Å². The number of fused-ring (bicyclic) bond motifs is 3. The van der Waals surface area contributed by atoms with Crippen LogP contribution in [0.5, 0.6) is 0 Å². The summed E-state index contributed by atoms with van der Waals surface area (Å²) in [5, 5.41) is 10.8. The predicted octanol–water partition coefficient (Wildman–Crippen LogP) is 5.00. The lowest BCUT2D eigenvalue weighted by Crippen LogP contribution is -1.87. The zero-order valence-corrected chi connectivity index (χ0v) is 8.44. The third-order valence-electron chi connectivity index (χ3n) is 2.61. The van der Waals surface area contributed by atoms with E-state index in [1.165, 1.54) is 16.3 Å². The Labute approximate surface area is 110 Å². The van der Waals surface area contributed by atoms with Gasteiger partial charge in [0.25, 0.3) is 0 Å². The van der Waals surface area contributed by atoms with Crippen LogP contribution in [-0.4, -0.2) is 10.2 Å². The molecule has 3 rings (SSSR count). The molecule has 0 saturated heterocycles. The number of rotatable bonds is 0. The van der Waals surface area contributed by atoms with Gasteiger partial charge in [0, 0.05) is 10.8 Å². The molecular weight excluding hydrogens is 220 g/mol. The van der Waals surface area contributed by atoms with Gasteiger partial charge in [-0.25, -0.2) is 0 Å². The maximum atomic E-state index is 4.22. The summed E-state index contributed by atoms with van der Waals surface area (Å²) in [6.07, 6.45) is 0. The fourth-order valence-corrected chi connectivity index (χ4v) is 1.85. The Morgan fingerprint density at radius 2 is 1.33 bits per heavy atom. The fraction of sp³-hybridized carbons (Fsp3) is 0.250. The summed E-state index contributed by atoms with van der Waals surface area (Å²) in [4.78, 5) is 0. The second-order valence-electron chi connectivity index (χ2n) is 3.74. The molecule has 0 aliphatic rings. The van der Waals surface area contributed by atoms with Crippen molar-refractivity contribution < 1.29 is 0 Å². The minimum absolute atomic E-state index is 0. The molecule has 2 heteroatoms. The molecular formula is C16H22N2. The van der Waals surface area contributed by atoms with Gasteiger partial charge in [-0.05, 0) is 24.6 Å².